The molecule has 0 aromatic carbocycles. The number of hydrogen-bond donors (Lipinski definition) is 0. The van der Waals surface area contributed by atoms with Gasteiger partial charge in [-0.2, -0.15) is 0 Å². The summed E-state index contributed by atoms with van der Waals surface area (Å²) in [6.07, 6.45) is 19.1. The van der Waals surface area contributed by atoms with Gasteiger partial charge in [0.05, 0.1) is 19.8 Å². The highest BCUT2D eigenvalue weighted by Gasteiger charge is 2.02. The maximum atomic E-state index is 11.6. The lowest BCUT2D eigenvalue weighted by atomic mass is 10.1. The molecule has 0 N–H and O–H groups in total. The second-order valence-electron chi connectivity index (χ2n) is 7.79. The summed E-state index contributed by atoms with van der Waals surface area (Å²) in [6, 6.07) is 0. The van der Waals surface area contributed by atoms with Gasteiger partial charge in [0.15, 0.2) is 0 Å². The number of rotatable bonds is 23. The van der Waals surface area contributed by atoms with E-state index in [2.05, 4.69) is 13.8 Å². The maximum absolute atomic E-state index is 11.6. The van der Waals surface area contributed by atoms with Crippen molar-refractivity contribution < 1.29 is 19.0 Å². The molecule has 0 spiro atoms. The Morgan fingerprint density at radius 2 is 0.929 bits per heavy atom. The second-order valence-corrected chi connectivity index (χ2v) is 7.79. The predicted molar refractivity (Wildman–Crippen MR) is 118 cm³/mol. The highest BCUT2D eigenvalue weighted by molar-refractivity contribution is 5.69. The van der Waals surface area contributed by atoms with Crippen molar-refractivity contribution >= 4 is 5.97 Å². The molecule has 4 heteroatoms. The van der Waals surface area contributed by atoms with Gasteiger partial charge in [0.2, 0.25) is 0 Å². The van der Waals surface area contributed by atoms with E-state index in [1.165, 1.54) is 70.6 Å². The van der Waals surface area contributed by atoms with Gasteiger partial charge in [0.1, 0.15) is 0 Å². The lowest BCUT2D eigenvalue weighted by molar-refractivity contribution is -0.144. The Morgan fingerprint density at radius 3 is 1.46 bits per heavy atom. The molecule has 0 saturated heterocycles. The van der Waals surface area contributed by atoms with E-state index >= 15 is 0 Å². The average Bonchev–Trinajstić information content (AvgIpc) is 2.70. The first-order valence-corrected chi connectivity index (χ1v) is 12.1. The molecule has 0 aliphatic rings. The van der Waals surface area contributed by atoms with Crippen LogP contribution in [-0.2, 0) is 19.0 Å². The molecule has 0 fully saturated rings. The molecule has 168 valence electrons. The minimum absolute atomic E-state index is 0.0966. The van der Waals surface area contributed by atoms with Crippen LogP contribution in [0, 0.1) is 0 Å². The fraction of sp³-hybridized carbons (Fsp3) is 0.958. The summed E-state index contributed by atoms with van der Waals surface area (Å²) in [5.41, 5.74) is 0. The first kappa shape index (κ1) is 27.4. The van der Waals surface area contributed by atoms with Crippen molar-refractivity contribution in [2.45, 2.75) is 117 Å². The molecule has 0 heterocycles. The molecule has 0 aliphatic carbocycles. The molecule has 0 radical (unpaired) electrons. The molecule has 0 atom stereocenters. The van der Waals surface area contributed by atoms with Crippen LogP contribution in [0.1, 0.15) is 117 Å². The van der Waals surface area contributed by atoms with E-state index < -0.39 is 0 Å². The minimum Gasteiger partial charge on any atom is -0.466 e. The third-order valence-electron chi connectivity index (χ3n) is 4.94. The first-order valence-electron chi connectivity index (χ1n) is 12.1. The summed E-state index contributed by atoms with van der Waals surface area (Å²) in [5, 5.41) is 0. The Hall–Kier alpha value is -0.610. The molecule has 0 bridgehead atoms. The third kappa shape index (κ3) is 23.4. The molecule has 28 heavy (non-hydrogen) atoms. The standard InChI is InChI=1S/C24H48O4/c1-3-5-7-9-10-11-12-14-15-19-26-22-23-27-20-17-18-24(25)28-21-16-13-8-6-4-2/h3-23H2,1-2H3. The van der Waals surface area contributed by atoms with Crippen LogP contribution >= 0.6 is 0 Å². The topological polar surface area (TPSA) is 44.8 Å². The molecule has 0 aromatic heterocycles. The van der Waals surface area contributed by atoms with Crippen LogP contribution in [0.15, 0.2) is 0 Å². The van der Waals surface area contributed by atoms with E-state index in [-0.39, 0.29) is 5.97 Å². The van der Waals surface area contributed by atoms with E-state index in [0.717, 1.165) is 32.3 Å². The molecule has 0 saturated carbocycles. The van der Waals surface area contributed by atoms with Crippen LogP contribution in [0.3, 0.4) is 0 Å². The second kappa shape index (κ2) is 24.4. The van der Waals surface area contributed by atoms with Crippen LogP contribution in [0.5, 0.6) is 0 Å². The van der Waals surface area contributed by atoms with Gasteiger partial charge in [0, 0.05) is 19.6 Å². The van der Waals surface area contributed by atoms with Crippen molar-refractivity contribution in [3.63, 3.8) is 0 Å². The summed E-state index contributed by atoms with van der Waals surface area (Å²) >= 11 is 0. The van der Waals surface area contributed by atoms with E-state index in [4.69, 9.17) is 14.2 Å². The van der Waals surface area contributed by atoms with E-state index in [1.54, 1.807) is 0 Å². The molecule has 0 rings (SSSR count). The van der Waals surface area contributed by atoms with Crippen LogP contribution in [-0.4, -0.2) is 39.0 Å². The number of hydrogen-bond acceptors (Lipinski definition) is 4. The Kier molecular flexibility index (Phi) is 23.9. The molecule has 0 aromatic rings. The van der Waals surface area contributed by atoms with E-state index in [1.807, 2.05) is 0 Å². The predicted octanol–water partition coefficient (Wildman–Crippen LogP) is 6.84. The van der Waals surface area contributed by atoms with Gasteiger partial charge in [-0.25, -0.2) is 0 Å². The van der Waals surface area contributed by atoms with Crippen molar-refractivity contribution in [2.24, 2.45) is 0 Å². The van der Waals surface area contributed by atoms with Crippen molar-refractivity contribution in [1.29, 1.82) is 0 Å². The van der Waals surface area contributed by atoms with Gasteiger partial charge in [-0.15, -0.1) is 0 Å². The summed E-state index contributed by atoms with van der Waals surface area (Å²) in [6.45, 7) is 7.74. The maximum Gasteiger partial charge on any atom is 0.305 e. The molecular weight excluding hydrogens is 352 g/mol. The molecule has 0 aliphatic heterocycles. The summed E-state index contributed by atoms with van der Waals surface area (Å²) in [4.78, 5) is 11.6. The highest BCUT2D eigenvalue weighted by Crippen LogP contribution is 2.09. The Labute approximate surface area is 175 Å². The van der Waals surface area contributed by atoms with Crippen molar-refractivity contribution in [1.82, 2.24) is 0 Å². The van der Waals surface area contributed by atoms with E-state index in [0.29, 0.717) is 32.8 Å². The first-order chi connectivity index (χ1) is 13.8. The van der Waals surface area contributed by atoms with Crippen LogP contribution < -0.4 is 0 Å². The van der Waals surface area contributed by atoms with E-state index in [9.17, 15) is 4.79 Å². The molecule has 0 amide bonds. The summed E-state index contributed by atoms with van der Waals surface area (Å²) in [5.74, 6) is -0.0966. The summed E-state index contributed by atoms with van der Waals surface area (Å²) < 4.78 is 16.3. The molecule has 0 unspecified atom stereocenters. The zero-order valence-electron chi connectivity index (χ0n) is 19.0. The Bertz CT molecular complexity index is 307. The van der Waals surface area contributed by atoms with Crippen LogP contribution in [0.2, 0.25) is 0 Å². The zero-order valence-corrected chi connectivity index (χ0v) is 19.0. The zero-order chi connectivity index (χ0) is 20.5. The SMILES string of the molecule is CCCCCCCCCCCOCCOCCCC(=O)OCCCCCCC. The van der Waals surface area contributed by atoms with Crippen molar-refractivity contribution in [3.8, 4) is 0 Å². The summed E-state index contributed by atoms with van der Waals surface area (Å²) in [7, 11) is 0. The normalized spacial score (nSPS) is 11.1. The van der Waals surface area contributed by atoms with Gasteiger partial charge in [-0.3, -0.25) is 4.79 Å². The molecular formula is C24H48O4. The number of carbonyl (C=O) groups is 1. The Morgan fingerprint density at radius 1 is 0.500 bits per heavy atom. The highest BCUT2D eigenvalue weighted by atomic mass is 16.5. The number of esters is 1. The van der Waals surface area contributed by atoms with Gasteiger partial charge >= 0.3 is 5.97 Å². The van der Waals surface area contributed by atoms with Crippen molar-refractivity contribution in [3.05, 3.63) is 0 Å². The largest absolute Gasteiger partial charge is 0.466 e. The van der Waals surface area contributed by atoms with Crippen molar-refractivity contribution in [2.75, 3.05) is 33.0 Å². The number of carbonyl (C=O) groups excluding carboxylic acids is 1. The smallest absolute Gasteiger partial charge is 0.305 e. The van der Waals surface area contributed by atoms with Crippen LogP contribution in [0.25, 0.3) is 0 Å². The number of ether oxygens (including phenoxy) is 3. The van der Waals surface area contributed by atoms with Crippen LogP contribution in [0.4, 0.5) is 0 Å². The monoisotopic (exact) mass is 400 g/mol. The minimum atomic E-state index is -0.0966. The van der Waals surface area contributed by atoms with Gasteiger partial charge < -0.3 is 14.2 Å². The fourth-order valence-corrected chi connectivity index (χ4v) is 3.12. The third-order valence-corrected chi connectivity index (χ3v) is 4.94. The number of unbranched alkanes of at least 4 members (excludes halogenated alkanes) is 12. The quantitative estimate of drug-likeness (QED) is 0.139. The average molecular weight is 401 g/mol. The fourth-order valence-electron chi connectivity index (χ4n) is 3.12. The van der Waals surface area contributed by atoms with Gasteiger partial charge in [0.25, 0.3) is 0 Å². The molecule has 4 nitrogen and oxygen atoms in total. The lowest BCUT2D eigenvalue weighted by Gasteiger charge is -2.07. The Balaban J connectivity index is 3.10. The lowest BCUT2D eigenvalue weighted by Crippen LogP contribution is -2.09. The van der Waals surface area contributed by atoms with Gasteiger partial charge in [-0.05, 0) is 19.3 Å². The van der Waals surface area contributed by atoms with Gasteiger partial charge in [-0.1, -0.05) is 90.9 Å².